The van der Waals surface area contributed by atoms with Crippen molar-refractivity contribution < 1.29 is 14.3 Å². The van der Waals surface area contributed by atoms with Gasteiger partial charge in [-0.05, 0) is 49.2 Å². The van der Waals surface area contributed by atoms with E-state index in [0.29, 0.717) is 12.1 Å². The van der Waals surface area contributed by atoms with Crippen molar-refractivity contribution in [2.24, 2.45) is 5.73 Å². The van der Waals surface area contributed by atoms with Crippen LogP contribution >= 0.6 is 0 Å². The van der Waals surface area contributed by atoms with Gasteiger partial charge in [0.25, 0.3) is 0 Å². The van der Waals surface area contributed by atoms with E-state index in [-0.39, 0.29) is 12.3 Å². The molecule has 5 heteroatoms. The van der Waals surface area contributed by atoms with Gasteiger partial charge >= 0.3 is 0 Å². The van der Waals surface area contributed by atoms with Crippen molar-refractivity contribution in [3.8, 4) is 11.5 Å². The van der Waals surface area contributed by atoms with E-state index in [2.05, 4.69) is 19.2 Å². The summed E-state index contributed by atoms with van der Waals surface area (Å²) in [6, 6.07) is 13.3. The molecule has 0 saturated carbocycles. The Hall–Kier alpha value is -2.53. The first-order chi connectivity index (χ1) is 11.0. The van der Waals surface area contributed by atoms with Crippen molar-refractivity contribution in [3.63, 3.8) is 0 Å². The maximum absolute atomic E-state index is 11.3. The zero-order valence-corrected chi connectivity index (χ0v) is 13.3. The van der Waals surface area contributed by atoms with Gasteiger partial charge in [-0.15, -0.1) is 0 Å². The summed E-state index contributed by atoms with van der Waals surface area (Å²) in [6.45, 7) is 5.10. The molecule has 1 amide bonds. The van der Waals surface area contributed by atoms with E-state index in [1.165, 1.54) is 0 Å². The lowest BCUT2D eigenvalue weighted by molar-refractivity contribution is 0.1000. The Kier molecular flexibility index (Phi) is 3.96. The summed E-state index contributed by atoms with van der Waals surface area (Å²) in [4.78, 5) is 11.3. The molecule has 2 aromatic carbocycles. The summed E-state index contributed by atoms with van der Waals surface area (Å²) in [5, 5.41) is 3.50. The standard InChI is InChI=1S/C18H20N2O3/c1-18(2,14-6-7-15-16(9-14)23-11-22-15)20-10-12-4-3-5-13(8-12)17(19)21/h3-9,20H,10-11H2,1-2H3,(H2,19,21). The summed E-state index contributed by atoms with van der Waals surface area (Å²) >= 11 is 0. The molecule has 2 aromatic rings. The number of hydrogen-bond donors (Lipinski definition) is 2. The SMILES string of the molecule is CC(C)(NCc1cccc(C(N)=O)c1)c1ccc2c(c1)OCO2. The smallest absolute Gasteiger partial charge is 0.248 e. The van der Waals surface area contributed by atoms with Crippen LogP contribution in [0.4, 0.5) is 0 Å². The highest BCUT2D eigenvalue weighted by atomic mass is 16.7. The van der Waals surface area contributed by atoms with Crippen LogP contribution in [-0.2, 0) is 12.1 Å². The molecule has 1 aliphatic rings. The average Bonchev–Trinajstić information content (AvgIpc) is 3.01. The first kappa shape index (κ1) is 15.4. The molecule has 1 aliphatic heterocycles. The molecule has 3 N–H and O–H groups in total. The van der Waals surface area contributed by atoms with Crippen LogP contribution < -0.4 is 20.5 Å². The van der Waals surface area contributed by atoms with E-state index in [1.807, 2.05) is 36.4 Å². The third kappa shape index (κ3) is 3.29. The second-order valence-corrected chi connectivity index (χ2v) is 6.11. The first-order valence-electron chi connectivity index (χ1n) is 7.49. The summed E-state index contributed by atoms with van der Waals surface area (Å²) < 4.78 is 10.8. The first-order valence-corrected chi connectivity index (χ1v) is 7.49. The minimum absolute atomic E-state index is 0.260. The zero-order valence-electron chi connectivity index (χ0n) is 13.3. The van der Waals surface area contributed by atoms with Crippen LogP contribution in [0.2, 0.25) is 0 Å². The van der Waals surface area contributed by atoms with Gasteiger partial charge in [-0.25, -0.2) is 0 Å². The molecule has 0 atom stereocenters. The predicted molar refractivity (Wildman–Crippen MR) is 87.4 cm³/mol. The number of carbonyl (C=O) groups excluding carboxylic acids is 1. The Labute approximate surface area is 135 Å². The highest BCUT2D eigenvalue weighted by Crippen LogP contribution is 2.35. The van der Waals surface area contributed by atoms with Gasteiger partial charge in [0.15, 0.2) is 11.5 Å². The molecule has 0 saturated heterocycles. The molecule has 0 fully saturated rings. The van der Waals surface area contributed by atoms with Crippen molar-refractivity contribution in [3.05, 3.63) is 59.2 Å². The number of rotatable bonds is 5. The molecule has 0 aromatic heterocycles. The Bertz CT molecular complexity index is 741. The van der Waals surface area contributed by atoms with Crippen LogP contribution in [0.3, 0.4) is 0 Å². The van der Waals surface area contributed by atoms with Gasteiger partial charge in [0, 0.05) is 17.6 Å². The minimum atomic E-state index is -0.415. The fourth-order valence-electron chi connectivity index (χ4n) is 2.54. The van der Waals surface area contributed by atoms with Crippen LogP contribution in [-0.4, -0.2) is 12.7 Å². The fourth-order valence-corrected chi connectivity index (χ4v) is 2.54. The van der Waals surface area contributed by atoms with E-state index in [9.17, 15) is 4.79 Å². The Morgan fingerprint density at radius 1 is 1.17 bits per heavy atom. The van der Waals surface area contributed by atoms with Crippen molar-refractivity contribution >= 4 is 5.91 Å². The lowest BCUT2D eigenvalue weighted by atomic mass is 9.93. The van der Waals surface area contributed by atoms with Crippen LogP contribution in [0.5, 0.6) is 11.5 Å². The number of carbonyl (C=O) groups is 1. The lowest BCUT2D eigenvalue weighted by Crippen LogP contribution is -2.36. The van der Waals surface area contributed by atoms with E-state index < -0.39 is 5.91 Å². The van der Waals surface area contributed by atoms with Gasteiger partial charge in [0.05, 0.1) is 0 Å². The van der Waals surface area contributed by atoms with Gasteiger partial charge in [0.2, 0.25) is 12.7 Å². The second kappa shape index (κ2) is 5.93. The number of hydrogen-bond acceptors (Lipinski definition) is 4. The number of ether oxygens (including phenoxy) is 2. The van der Waals surface area contributed by atoms with Crippen LogP contribution in [0.25, 0.3) is 0 Å². The monoisotopic (exact) mass is 312 g/mol. The third-order valence-corrected chi connectivity index (χ3v) is 4.04. The Balaban J connectivity index is 1.73. The quantitative estimate of drug-likeness (QED) is 0.890. The van der Waals surface area contributed by atoms with Crippen LogP contribution in [0.15, 0.2) is 42.5 Å². The topological polar surface area (TPSA) is 73.6 Å². The van der Waals surface area contributed by atoms with Gasteiger partial charge in [-0.1, -0.05) is 18.2 Å². The highest BCUT2D eigenvalue weighted by Gasteiger charge is 2.23. The third-order valence-electron chi connectivity index (χ3n) is 4.04. The molecule has 0 aliphatic carbocycles. The van der Waals surface area contributed by atoms with Crippen LogP contribution in [0, 0.1) is 0 Å². The molecule has 3 rings (SSSR count). The Morgan fingerprint density at radius 2 is 1.96 bits per heavy atom. The lowest BCUT2D eigenvalue weighted by Gasteiger charge is -2.27. The summed E-state index contributed by atoms with van der Waals surface area (Å²) in [5.41, 5.74) is 7.69. The van der Waals surface area contributed by atoms with Crippen molar-refractivity contribution in [2.45, 2.75) is 25.9 Å². The second-order valence-electron chi connectivity index (χ2n) is 6.11. The molecule has 23 heavy (non-hydrogen) atoms. The molecular weight excluding hydrogens is 292 g/mol. The minimum Gasteiger partial charge on any atom is -0.454 e. The summed E-state index contributed by atoms with van der Waals surface area (Å²) in [7, 11) is 0. The average molecular weight is 312 g/mol. The summed E-state index contributed by atoms with van der Waals surface area (Å²) in [5.74, 6) is 1.13. The van der Waals surface area contributed by atoms with Gasteiger partial charge in [-0.2, -0.15) is 0 Å². The van der Waals surface area contributed by atoms with Crippen molar-refractivity contribution in [1.29, 1.82) is 0 Å². The van der Waals surface area contributed by atoms with Gasteiger partial charge < -0.3 is 20.5 Å². The molecule has 0 bridgehead atoms. The molecule has 1 heterocycles. The number of amides is 1. The summed E-state index contributed by atoms with van der Waals surface area (Å²) in [6.07, 6.45) is 0. The molecule has 120 valence electrons. The van der Waals surface area contributed by atoms with E-state index in [4.69, 9.17) is 15.2 Å². The normalized spacial score (nSPS) is 13.1. The largest absolute Gasteiger partial charge is 0.454 e. The molecular formula is C18H20N2O3. The molecule has 0 spiro atoms. The highest BCUT2D eigenvalue weighted by molar-refractivity contribution is 5.92. The van der Waals surface area contributed by atoms with E-state index >= 15 is 0 Å². The number of fused-ring (bicyclic) bond motifs is 1. The van der Waals surface area contributed by atoms with Crippen molar-refractivity contribution in [1.82, 2.24) is 5.32 Å². The van der Waals surface area contributed by atoms with Gasteiger partial charge in [0.1, 0.15) is 0 Å². The Morgan fingerprint density at radius 3 is 2.74 bits per heavy atom. The molecule has 0 unspecified atom stereocenters. The number of primary amides is 1. The number of nitrogens with two attached hydrogens (primary N) is 1. The van der Waals surface area contributed by atoms with E-state index in [1.54, 1.807) is 6.07 Å². The maximum Gasteiger partial charge on any atom is 0.248 e. The molecule has 0 radical (unpaired) electrons. The molecule has 5 nitrogen and oxygen atoms in total. The fraction of sp³-hybridized carbons (Fsp3) is 0.278. The van der Waals surface area contributed by atoms with Gasteiger partial charge in [-0.3, -0.25) is 4.79 Å². The van der Waals surface area contributed by atoms with E-state index in [0.717, 1.165) is 22.6 Å². The number of benzene rings is 2. The van der Waals surface area contributed by atoms with Crippen molar-refractivity contribution in [2.75, 3.05) is 6.79 Å². The number of nitrogens with one attached hydrogen (secondary N) is 1. The van der Waals surface area contributed by atoms with Crippen LogP contribution in [0.1, 0.15) is 35.3 Å². The zero-order chi connectivity index (χ0) is 16.4. The maximum atomic E-state index is 11.3. The predicted octanol–water partition coefficient (Wildman–Crippen LogP) is 2.54.